The molecule has 0 spiro atoms. The Morgan fingerprint density at radius 3 is 2.72 bits per heavy atom. The second kappa shape index (κ2) is 7.70. The van der Waals surface area contributed by atoms with Crippen LogP contribution in [-0.4, -0.2) is 17.6 Å². The summed E-state index contributed by atoms with van der Waals surface area (Å²) in [7, 11) is 0. The lowest BCUT2D eigenvalue weighted by Gasteiger charge is -2.24. The molecule has 0 radical (unpaired) electrons. The standard InChI is InChI=1S/C19H19FN2O2S/c1-2-4-17(23)21-15-9-7-13(8-10-15)19-22(18(24)12-25-19)16-6-3-5-14(20)11-16/h3,5-11,19H,2,4,12H2,1H3,(H,21,23). The second-order valence-electron chi connectivity index (χ2n) is 5.83. The fourth-order valence-electron chi connectivity index (χ4n) is 2.76. The average molecular weight is 358 g/mol. The smallest absolute Gasteiger partial charge is 0.238 e. The fourth-order valence-corrected chi connectivity index (χ4v) is 3.93. The van der Waals surface area contributed by atoms with Gasteiger partial charge in [-0.25, -0.2) is 4.39 Å². The largest absolute Gasteiger partial charge is 0.326 e. The average Bonchev–Trinajstić information content (AvgIpc) is 2.97. The van der Waals surface area contributed by atoms with E-state index in [0.717, 1.165) is 17.7 Å². The molecule has 1 atom stereocenters. The van der Waals surface area contributed by atoms with Crippen LogP contribution in [0.5, 0.6) is 0 Å². The van der Waals surface area contributed by atoms with Crippen molar-refractivity contribution in [3.05, 3.63) is 59.9 Å². The number of anilines is 2. The van der Waals surface area contributed by atoms with Crippen molar-refractivity contribution < 1.29 is 14.0 Å². The van der Waals surface area contributed by atoms with Crippen molar-refractivity contribution in [1.29, 1.82) is 0 Å². The van der Waals surface area contributed by atoms with E-state index in [1.807, 2.05) is 31.2 Å². The van der Waals surface area contributed by atoms with Gasteiger partial charge in [-0.1, -0.05) is 25.1 Å². The van der Waals surface area contributed by atoms with E-state index in [9.17, 15) is 14.0 Å². The summed E-state index contributed by atoms with van der Waals surface area (Å²) in [5, 5.41) is 2.64. The molecule has 4 nitrogen and oxygen atoms in total. The monoisotopic (exact) mass is 358 g/mol. The molecule has 130 valence electrons. The molecule has 25 heavy (non-hydrogen) atoms. The zero-order chi connectivity index (χ0) is 17.8. The van der Waals surface area contributed by atoms with Crippen molar-refractivity contribution in [1.82, 2.24) is 0 Å². The number of thioether (sulfide) groups is 1. The van der Waals surface area contributed by atoms with Gasteiger partial charge in [0.15, 0.2) is 0 Å². The van der Waals surface area contributed by atoms with Crippen LogP contribution in [0.3, 0.4) is 0 Å². The van der Waals surface area contributed by atoms with Crippen LogP contribution in [0.25, 0.3) is 0 Å². The molecule has 1 heterocycles. The molecule has 0 aliphatic carbocycles. The Morgan fingerprint density at radius 2 is 2.04 bits per heavy atom. The molecule has 2 aromatic carbocycles. The Morgan fingerprint density at radius 1 is 1.28 bits per heavy atom. The highest BCUT2D eigenvalue weighted by Crippen LogP contribution is 2.42. The third-order valence-corrected chi connectivity index (χ3v) is 5.12. The topological polar surface area (TPSA) is 49.4 Å². The first-order valence-electron chi connectivity index (χ1n) is 8.17. The number of carbonyl (C=O) groups is 2. The fraction of sp³-hybridized carbons (Fsp3) is 0.263. The van der Waals surface area contributed by atoms with Crippen molar-refractivity contribution >= 4 is 35.0 Å². The number of halogens is 1. The molecule has 1 saturated heterocycles. The van der Waals surface area contributed by atoms with Gasteiger partial charge in [-0.2, -0.15) is 0 Å². The minimum absolute atomic E-state index is 0.0120. The molecule has 1 N–H and O–H groups in total. The molecule has 2 amide bonds. The van der Waals surface area contributed by atoms with Gasteiger partial charge in [0.1, 0.15) is 11.2 Å². The molecule has 6 heteroatoms. The third-order valence-electron chi connectivity index (χ3n) is 3.91. The number of rotatable bonds is 5. The Balaban J connectivity index is 1.80. The predicted octanol–water partition coefficient (Wildman–Crippen LogP) is 4.34. The van der Waals surface area contributed by atoms with Gasteiger partial charge in [-0.15, -0.1) is 11.8 Å². The Labute approximate surface area is 150 Å². The lowest BCUT2D eigenvalue weighted by Crippen LogP contribution is -2.27. The number of hydrogen-bond acceptors (Lipinski definition) is 3. The van der Waals surface area contributed by atoms with Crippen molar-refractivity contribution in [2.75, 3.05) is 16.0 Å². The number of benzene rings is 2. The predicted molar refractivity (Wildman–Crippen MR) is 99.1 cm³/mol. The quantitative estimate of drug-likeness (QED) is 0.865. The number of carbonyl (C=O) groups excluding carboxylic acids is 2. The summed E-state index contributed by atoms with van der Waals surface area (Å²) in [6.07, 6.45) is 1.29. The third kappa shape index (κ3) is 4.02. The van der Waals surface area contributed by atoms with E-state index >= 15 is 0 Å². The molecule has 0 bridgehead atoms. The molecule has 1 aliphatic heterocycles. The summed E-state index contributed by atoms with van der Waals surface area (Å²) < 4.78 is 13.5. The van der Waals surface area contributed by atoms with Crippen LogP contribution < -0.4 is 10.2 Å². The van der Waals surface area contributed by atoms with Crippen LogP contribution in [0.1, 0.15) is 30.7 Å². The van der Waals surface area contributed by atoms with Crippen LogP contribution in [0.4, 0.5) is 15.8 Å². The van der Waals surface area contributed by atoms with Crippen molar-refractivity contribution in [2.24, 2.45) is 0 Å². The normalized spacial score (nSPS) is 17.0. The minimum Gasteiger partial charge on any atom is -0.326 e. The summed E-state index contributed by atoms with van der Waals surface area (Å²) in [5.41, 5.74) is 2.22. The zero-order valence-electron chi connectivity index (χ0n) is 13.9. The van der Waals surface area contributed by atoms with E-state index in [1.165, 1.54) is 23.9 Å². The van der Waals surface area contributed by atoms with Crippen molar-refractivity contribution in [3.63, 3.8) is 0 Å². The van der Waals surface area contributed by atoms with Crippen molar-refractivity contribution in [3.8, 4) is 0 Å². The molecular weight excluding hydrogens is 339 g/mol. The van der Waals surface area contributed by atoms with Gasteiger partial charge in [0.05, 0.1) is 5.75 Å². The SMILES string of the molecule is CCCC(=O)Nc1ccc(C2SCC(=O)N2c2cccc(F)c2)cc1. The van der Waals surface area contributed by atoms with Gasteiger partial charge in [0.2, 0.25) is 11.8 Å². The lowest BCUT2D eigenvalue weighted by molar-refractivity contribution is -0.116. The first-order chi connectivity index (χ1) is 12.1. The van der Waals surface area contributed by atoms with Crippen LogP contribution in [-0.2, 0) is 9.59 Å². The first-order valence-corrected chi connectivity index (χ1v) is 9.22. The van der Waals surface area contributed by atoms with Crippen LogP contribution in [0.15, 0.2) is 48.5 Å². The number of nitrogens with zero attached hydrogens (tertiary/aromatic N) is 1. The molecule has 3 rings (SSSR count). The van der Waals surface area contributed by atoms with E-state index in [-0.39, 0.29) is 23.0 Å². The number of nitrogens with one attached hydrogen (secondary N) is 1. The highest BCUT2D eigenvalue weighted by Gasteiger charge is 2.34. The molecule has 1 unspecified atom stereocenters. The minimum atomic E-state index is -0.366. The number of hydrogen-bond donors (Lipinski definition) is 1. The summed E-state index contributed by atoms with van der Waals surface area (Å²) in [5.74, 6) is -0.0613. The van der Waals surface area contributed by atoms with E-state index in [4.69, 9.17) is 0 Å². The maximum atomic E-state index is 13.5. The maximum absolute atomic E-state index is 13.5. The molecular formula is C19H19FN2O2S. The first kappa shape index (κ1) is 17.5. The summed E-state index contributed by atoms with van der Waals surface area (Å²) in [6, 6.07) is 13.5. The lowest BCUT2D eigenvalue weighted by atomic mass is 10.1. The Hall–Kier alpha value is -2.34. The van der Waals surface area contributed by atoms with Gasteiger partial charge in [0, 0.05) is 17.8 Å². The highest BCUT2D eigenvalue weighted by atomic mass is 32.2. The van der Waals surface area contributed by atoms with Crippen LogP contribution in [0.2, 0.25) is 0 Å². The van der Waals surface area contributed by atoms with Gasteiger partial charge in [-0.3, -0.25) is 14.5 Å². The van der Waals surface area contributed by atoms with Crippen LogP contribution >= 0.6 is 11.8 Å². The molecule has 1 aliphatic rings. The zero-order valence-corrected chi connectivity index (χ0v) is 14.7. The number of amides is 2. The summed E-state index contributed by atoms with van der Waals surface area (Å²) in [6.45, 7) is 1.96. The summed E-state index contributed by atoms with van der Waals surface area (Å²) >= 11 is 1.51. The Bertz CT molecular complexity index is 779. The van der Waals surface area contributed by atoms with Gasteiger partial charge >= 0.3 is 0 Å². The summed E-state index contributed by atoms with van der Waals surface area (Å²) in [4.78, 5) is 25.6. The Kier molecular flexibility index (Phi) is 5.38. The van der Waals surface area contributed by atoms with Crippen LogP contribution in [0, 0.1) is 5.82 Å². The molecule has 0 aromatic heterocycles. The molecule has 2 aromatic rings. The van der Waals surface area contributed by atoms with E-state index in [2.05, 4.69) is 5.32 Å². The molecule has 1 fully saturated rings. The maximum Gasteiger partial charge on any atom is 0.238 e. The second-order valence-corrected chi connectivity index (χ2v) is 6.90. The highest BCUT2D eigenvalue weighted by molar-refractivity contribution is 8.00. The van der Waals surface area contributed by atoms with Gasteiger partial charge in [-0.05, 0) is 42.3 Å². The van der Waals surface area contributed by atoms with Gasteiger partial charge < -0.3 is 5.32 Å². The van der Waals surface area contributed by atoms with E-state index in [1.54, 1.807) is 17.0 Å². The van der Waals surface area contributed by atoms with E-state index < -0.39 is 0 Å². The van der Waals surface area contributed by atoms with E-state index in [0.29, 0.717) is 17.9 Å². The van der Waals surface area contributed by atoms with Crippen molar-refractivity contribution in [2.45, 2.75) is 25.1 Å². The van der Waals surface area contributed by atoms with Gasteiger partial charge in [0.25, 0.3) is 0 Å². The molecule has 0 saturated carbocycles.